The van der Waals surface area contributed by atoms with Gasteiger partial charge in [-0.1, -0.05) is 6.92 Å². The summed E-state index contributed by atoms with van der Waals surface area (Å²) in [6.45, 7) is 2.07. The Labute approximate surface area is 113 Å². The predicted molar refractivity (Wildman–Crippen MR) is 70.7 cm³/mol. The van der Waals surface area contributed by atoms with Crippen molar-refractivity contribution in [3.63, 3.8) is 0 Å². The van der Waals surface area contributed by atoms with Gasteiger partial charge in [-0.3, -0.25) is 9.36 Å². The monoisotopic (exact) mass is 280 g/mol. The smallest absolute Gasteiger partial charge is 0.300 e. The normalized spacial score (nSPS) is 10.8. The van der Waals surface area contributed by atoms with Crippen LogP contribution in [0.25, 0.3) is 0 Å². The molecule has 20 heavy (non-hydrogen) atoms. The van der Waals surface area contributed by atoms with Gasteiger partial charge in [0.05, 0.1) is 6.54 Å². The zero-order valence-electron chi connectivity index (χ0n) is 11.0. The quantitative estimate of drug-likeness (QED) is 0.856. The number of hydrogen-bond acceptors (Lipinski definition) is 2. The third-order valence-electron chi connectivity index (χ3n) is 2.94. The Morgan fingerprint density at radius 2 is 1.90 bits per heavy atom. The largest absolute Gasteiger partial charge is 0.331 e. The molecule has 0 aliphatic rings. The number of rotatable bonds is 4. The molecule has 2 rings (SSSR count). The van der Waals surface area contributed by atoms with Gasteiger partial charge in [0, 0.05) is 24.4 Å². The number of hydrogen-bond donors (Lipinski definition) is 0. The first-order chi connectivity index (χ1) is 9.52. The fourth-order valence-corrected chi connectivity index (χ4v) is 1.95. The van der Waals surface area contributed by atoms with E-state index in [2.05, 4.69) is 0 Å². The third kappa shape index (κ3) is 2.84. The fraction of sp³-hybridized carbons (Fsp3) is 0.286. The van der Waals surface area contributed by atoms with E-state index in [9.17, 15) is 18.4 Å². The predicted octanol–water partition coefficient (Wildman–Crippen LogP) is 1.75. The van der Waals surface area contributed by atoms with Crippen molar-refractivity contribution in [2.45, 2.75) is 26.4 Å². The molecule has 0 bridgehead atoms. The summed E-state index contributed by atoms with van der Waals surface area (Å²) in [6.07, 6.45) is 2.14. The average Bonchev–Trinajstić information content (AvgIpc) is 2.42. The minimum Gasteiger partial charge on any atom is -0.300 e. The Balaban J connectivity index is 2.48. The summed E-state index contributed by atoms with van der Waals surface area (Å²) in [4.78, 5) is 23.8. The Kier molecular flexibility index (Phi) is 4.12. The minimum absolute atomic E-state index is 0.0292. The lowest BCUT2D eigenvalue weighted by molar-refractivity contribution is 0.544. The molecule has 0 fully saturated rings. The van der Waals surface area contributed by atoms with Crippen LogP contribution < -0.4 is 11.2 Å². The fourth-order valence-electron chi connectivity index (χ4n) is 1.95. The Hall–Kier alpha value is -2.24. The van der Waals surface area contributed by atoms with Crippen molar-refractivity contribution < 1.29 is 8.78 Å². The van der Waals surface area contributed by atoms with Crippen LogP contribution in [0.5, 0.6) is 0 Å². The minimum atomic E-state index is -0.649. The van der Waals surface area contributed by atoms with Crippen LogP contribution >= 0.6 is 0 Å². The Bertz CT molecular complexity index is 735. The van der Waals surface area contributed by atoms with Crippen LogP contribution in [-0.2, 0) is 13.1 Å². The molecule has 0 atom stereocenters. The Morgan fingerprint density at radius 1 is 1.15 bits per heavy atom. The van der Waals surface area contributed by atoms with Crippen LogP contribution in [-0.4, -0.2) is 9.13 Å². The number of aryl methyl sites for hydroxylation is 1. The molecule has 0 N–H and O–H groups in total. The summed E-state index contributed by atoms with van der Waals surface area (Å²) in [7, 11) is 0. The van der Waals surface area contributed by atoms with Gasteiger partial charge in [-0.25, -0.2) is 13.6 Å². The summed E-state index contributed by atoms with van der Waals surface area (Å²) >= 11 is 0. The first kappa shape index (κ1) is 14.2. The molecule has 0 unspecified atom stereocenters. The molecule has 2 aromatic rings. The molecular formula is C14H14F2N2O2. The molecule has 106 valence electrons. The molecular weight excluding hydrogens is 266 g/mol. The zero-order chi connectivity index (χ0) is 14.7. The summed E-state index contributed by atoms with van der Waals surface area (Å²) in [5.41, 5.74) is -1.09. The topological polar surface area (TPSA) is 44.0 Å². The van der Waals surface area contributed by atoms with Gasteiger partial charge in [0.15, 0.2) is 0 Å². The van der Waals surface area contributed by atoms with Crippen molar-refractivity contribution >= 4 is 0 Å². The maximum absolute atomic E-state index is 13.6. The van der Waals surface area contributed by atoms with E-state index in [0.29, 0.717) is 6.54 Å². The van der Waals surface area contributed by atoms with Crippen molar-refractivity contribution in [3.05, 3.63) is 68.5 Å². The molecule has 0 spiro atoms. The van der Waals surface area contributed by atoms with Crippen LogP contribution in [0.3, 0.4) is 0 Å². The summed E-state index contributed by atoms with van der Waals surface area (Å²) in [6, 6.07) is 4.19. The second kappa shape index (κ2) is 5.81. The molecule has 0 aliphatic carbocycles. The standard InChI is InChI=1S/C14H14F2N2O2/c1-2-6-17-7-5-13(19)18(14(17)20)9-10-8-11(15)3-4-12(10)16/h3-5,7-8H,2,6,9H2,1H3. The highest BCUT2D eigenvalue weighted by Crippen LogP contribution is 2.09. The zero-order valence-corrected chi connectivity index (χ0v) is 11.0. The van der Waals surface area contributed by atoms with E-state index in [-0.39, 0.29) is 12.1 Å². The van der Waals surface area contributed by atoms with Crippen LogP contribution in [0.1, 0.15) is 18.9 Å². The van der Waals surface area contributed by atoms with Gasteiger partial charge in [0.1, 0.15) is 11.6 Å². The van der Waals surface area contributed by atoms with Gasteiger partial charge in [0.25, 0.3) is 5.56 Å². The maximum Gasteiger partial charge on any atom is 0.331 e. The lowest BCUT2D eigenvalue weighted by Gasteiger charge is -2.09. The van der Waals surface area contributed by atoms with Crippen molar-refractivity contribution in [1.29, 1.82) is 0 Å². The van der Waals surface area contributed by atoms with E-state index in [0.717, 1.165) is 29.2 Å². The molecule has 4 nitrogen and oxygen atoms in total. The lowest BCUT2D eigenvalue weighted by Crippen LogP contribution is -2.39. The van der Waals surface area contributed by atoms with E-state index in [4.69, 9.17) is 0 Å². The molecule has 0 amide bonds. The molecule has 0 radical (unpaired) electrons. The van der Waals surface area contributed by atoms with Gasteiger partial charge >= 0.3 is 5.69 Å². The maximum atomic E-state index is 13.6. The molecule has 0 saturated carbocycles. The highest BCUT2D eigenvalue weighted by Gasteiger charge is 2.09. The van der Waals surface area contributed by atoms with Crippen molar-refractivity contribution in [2.24, 2.45) is 0 Å². The van der Waals surface area contributed by atoms with Gasteiger partial charge in [-0.05, 0) is 24.6 Å². The lowest BCUT2D eigenvalue weighted by atomic mass is 10.2. The summed E-state index contributed by atoms with van der Waals surface area (Å²) < 4.78 is 29.0. The highest BCUT2D eigenvalue weighted by molar-refractivity contribution is 5.19. The van der Waals surface area contributed by atoms with Crippen LogP contribution in [0.15, 0.2) is 40.1 Å². The van der Waals surface area contributed by atoms with Gasteiger partial charge in [-0.15, -0.1) is 0 Å². The summed E-state index contributed by atoms with van der Waals surface area (Å²) in [5, 5.41) is 0. The van der Waals surface area contributed by atoms with Crippen LogP contribution in [0.4, 0.5) is 8.78 Å². The first-order valence-electron chi connectivity index (χ1n) is 6.27. The number of halogens is 2. The van der Waals surface area contributed by atoms with Crippen molar-refractivity contribution in [3.8, 4) is 0 Å². The molecule has 1 aromatic carbocycles. The average molecular weight is 280 g/mol. The molecule has 1 heterocycles. The molecule has 0 saturated heterocycles. The van der Waals surface area contributed by atoms with E-state index >= 15 is 0 Å². The number of benzene rings is 1. The number of nitrogens with zero attached hydrogens (tertiary/aromatic N) is 2. The van der Waals surface area contributed by atoms with E-state index in [1.54, 1.807) is 0 Å². The first-order valence-corrected chi connectivity index (χ1v) is 6.27. The Morgan fingerprint density at radius 3 is 2.60 bits per heavy atom. The molecule has 6 heteroatoms. The van der Waals surface area contributed by atoms with Crippen molar-refractivity contribution in [2.75, 3.05) is 0 Å². The number of aromatic nitrogens is 2. The van der Waals surface area contributed by atoms with Crippen LogP contribution in [0, 0.1) is 11.6 Å². The molecule has 0 aliphatic heterocycles. The molecule has 1 aromatic heterocycles. The third-order valence-corrected chi connectivity index (χ3v) is 2.94. The van der Waals surface area contributed by atoms with Crippen LogP contribution in [0.2, 0.25) is 0 Å². The second-order valence-electron chi connectivity index (χ2n) is 4.45. The van der Waals surface area contributed by atoms with E-state index in [1.165, 1.54) is 16.8 Å². The van der Waals surface area contributed by atoms with E-state index in [1.807, 2.05) is 6.92 Å². The van der Waals surface area contributed by atoms with Gasteiger partial charge < -0.3 is 4.57 Å². The van der Waals surface area contributed by atoms with Gasteiger partial charge in [-0.2, -0.15) is 0 Å². The van der Waals surface area contributed by atoms with Gasteiger partial charge in [0.2, 0.25) is 0 Å². The summed E-state index contributed by atoms with van der Waals surface area (Å²) in [5.74, 6) is -1.26. The van der Waals surface area contributed by atoms with E-state index < -0.39 is 22.9 Å². The SMILES string of the molecule is CCCn1ccc(=O)n(Cc2cc(F)ccc2F)c1=O. The second-order valence-corrected chi connectivity index (χ2v) is 4.45. The highest BCUT2D eigenvalue weighted by atomic mass is 19.1. The van der Waals surface area contributed by atoms with Crippen molar-refractivity contribution in [1.82, 2.24) is 9.13 Å².